The van der Waals surface area contributed by atoms with Crippen LogP contribution in [0.25, 0.3) is 0 Å². The van der Waals surface area contributed by atoms with Gasteiger partial charge in [-0.2, -0.15) is 5.10 Å². The largest absolute Gasteiger partial charge is 0.493 e. The molecule has 8 heteroatoms. The van der Waals surface area contributed by atoms with Gasteiger partial charge in [-0.15, -0.1) is 0 Å². The maximum Gasteiger partial charge on any atom is 0.262 e. The summed E-state index contributed by atoms with van der Waals surface area (Å²) in [6.45, 7) is 6.36. The number of carbonyl (C=O) groups is 2. The number of hydrogen-bond acceptors (Lipinski definition) is 5. The minimum absolute atomic E-state index is 0.112. The van der Waals surface area contributed by atoms with E-state index < -0.39 is 6.04 Å². The van der Waals surface area contributed by atoms with E-state index in [1.165, 1.54) is 6.21 Å². The van der Waals surface area contributed by atoms with Gasteiger partial charge in [0.2, 0.25) is 0 Å². The molecule has 0 heterocycles. The summed E-state index contributed by atoms with van der Waals surface area (Å²) in [5.41, 5.74) is 3.76. The Morgan fingerprint density at radius 3 is 2.52 bits per heavy atom. The summed E-state index contributed by atoms with van der Waals surface area (Å²) in [5.74, 6) is 0.484. The number of nitrogens with one attached hydrogen (secondary N) is 2. The van der Waals surface area contributed by atoms with E-state index in [9.17, 15) is 9.59 Å². The second-order valence-corrected chi connectivity index (χ2v) is 8.34. The van der Waals surface area contributed by atoms with Crippen molar-refractivity contribution >= 4 is 40.6 Å². The molecule has 0 bridgehead atoms. The molecule has 0 aromatic heterocycles. The molecule has 0 radical (unpaired) electrons. The number of nitrogens with zero attached hydrogens (tertiary/aromatic N) is 1. The number of rotatable bonds is 10. The summed E-state index contributed by atoms with van der Waals surface area (Å²) in [5, 5.41) is 6.83. The standard InChI is InChI=1S/C23H28IN3O4/c1-5-11-31-21-18(24)12-16(13-19(21)30-4)14-25-27-23(29)20(15(2)3)26-22(28)17-9-7-6-8-10-17/h6-10,12-15,20H,5,11H2,1-4H3,(H,26,28)(H,27,29). The molecule has 2 aromatic rings. The van der Waals surface area contributed by atoms with E-state index in [0.717, 1.165) is 15.6 Å². The molecule has 0 aliphatic heterocycles. The topological polar surface area (TPSA) is 89.0 Å². The van der Waals surface area contributed by atoms with Gasteiger partial charge in [-0.25, -0.2) is 5.43 Å². The van der Waals surface area contributed by atoms with Gasteiger partial charge >= 0.3 is 0 Å². The van der Waals surface area contributed by atoms with E-state index in [-0.39, 0.29) is 17.7 Å². The summed E-state index contributed by atoms with van der Waals surface area (Å²) in [6, 6.07) is 11.7. The number of hydrazone groups is 1. The molecule has 31 heavy (non-hydrogen) atoms. The quantitative estimate of drug-likeness (QED) is 0.273. The van der Waals surface area contributed by atoms with Crippen LogP contribution in [0.5, 0.6) is 11.5 Å². The zero-order valence-corrected chi connectivity index (χ0v) is 20.3. The van der Waals surface area contributed by atoms with Crippen LogP contribution in [0, 0.1) is 9.49 Å². The van der Waals surface area contributed by atoms with Crippen molar-refractivity contribution in [3.63, 3.8) is 0 Å². The molecule has 0 fully saturated rings. The Kier molecular flexibility index (Phi) is 9.77. The number of methoxy groups -OCH3 is 1. The normalized spacial score (nSPS) is 11.9. The van der Waals surface area contributed by atoms with Crippen LogP contribution in [-0.4, -0.2) is 37.8 Å². The molecule has 0 saturated carbocycles. The van der Waals surface area contributed by atoms with Crippen molar-refractivity contribution in [2.45, 2.75) is 33.2 Å². The summed E-state index contributed by atoms with van der Waals surface area (Å²) in [4.78, 5) is 25.0. The van der Waals surface area contributed by atoms with Crippen molar-refractivity contribution in [2.75, 3.05) is 13.7 Å². The Morgan fingerprint density at radius 2 is 1.90 bits per heavy atom. The third kappa shape index (κ3) is 7.23. The second-order valence-electron chi connectivity index (χ2n) is 7.18. The zero-order valence-electron chi connectivity index (χ0n) is 18.1. The van der Waals surface area contributed by atoms with Crippen LogP contribution in [0.15, 0.2) is 47.6 Å². The lowest BCUT2D eigenvalue weighted by Crippen LogP contribution is -2.48. The van der Waals surface area contributed by atoms with Gasteiger partial charge in [-0.1, -0.05) is 39.0 Å². The second kappa shape index (κ2) is 12.3. The van der Waals surface area contributed by atoms with Crippen molar-refractivity contribution in [2.24, 2.45) is 11.0 Å². The van der Waals surface area contributed by atoms with E-state index in [1.54, 1.807) is 37.4 Å². The minimum atomic E-state index is -0.718. The SMILES string of the molecule is CCCOc1c(I)cc(C=NNC(=O)C(NC(=O)c2ccccc2)C(C)C)cc1OC. The first-order valence-corrected chi connectivity index (χ1v) is 11.1. The molecule has 0 aliphatic rings. The lowest BCUT2D eigenvalue weighted by Gasteiger charge is -2.20. The molecule has 2 aromatic carbocycles. The lowest BCUT2D eigenvalue weighted by atomic mass is 10.0. The Morgan fingerprint density at radius 1 is 1.19 bits per heavy atom. The molecule has 2 amide bonds. The number of ether oxygens (including phenoxy) is 2. The van der Waals surface area contributed by atoms with Crippen molar-refractivity contribution in [1.82, 2.24) is 10.7 Å². The summed E-state index contributed by atoms with van der Waals surface area (Å²) in [7, 11) is 1.58. The van der Waals surface area contributed by atoms with Crippen LogP contribution in [0.4, 0.5) is 0 Å². The average Bonchev–Trinajstić information content (AvgIpc) is 2.76. The van der Waals surface area contributed by atoms with Crippen LogP contribution >= 0.6 is 22.6 Å². The fourth-order valence-corrected chi connectivity index (χ4v) is 3.53. The Balaban J connectivity index is 2.06. The van der Waals surface area contributed by atoms with Crippen LogP contribution in [0.1, 0.15) is 43.1 Å². The van der Waals surface area contributed by atoms with E-state index >= 15 is 0 Å². The Labute approximate surface area is 196 Å². The summed E-state index contributed by atoms with van der Waals surface area (Å²) >= 11 is 2.18. The molecular weight excluding hydrogens is 509 g/mol. The van der Waals surface area contributed by atoms with E-state index in [2.05, 4.69) is 38.4 Å². The highest BCUT2D eigenvalue weighted by Gasteiger charge is 2.24. The van der Waals surface area contributed by atoms with E-state index in [4.69, 9.17) is 9.47 Å². The van der Waals surface area contributed by atoms with Gasteiger partial charge < -0.3 is 14.8 Å². The molecule has 166 valence electrons. The molecule has 1 unspecified atom stereocenters. The van der Waals surface area contributed by atoms with Gasteiger partial charge in [0.15, 0.2) is 11.5 Å². The fraction of sp³-hybridized carbons (Fsp3) is 0.348. The molecule has 2 N–H and O–H groups in total. The summed E-state index contributed by atoms with van der Waals surface area (Å²) < 4.78 is 12.1. The number of hydrogen-bond donors (Lipinski definition) is 2. The third-order valence-electron chi connectivity index (χ3n) is 4.36. The van der Waals surface area contributed by atoms with Crippen LogP contribution in [0.2, 0.25) is 0 Å². The molecule has 2 rings (SSSR count). The minimum Gasteiger partial charge on any atom is -0.493 e. The first kappa shape index (κ1) is 24.6. The first-order chi connectivity index (χ1) is 14.9. The molecular formula is C23H28IN3O4. The monoisotopic (exact) mass is 537 g/mol. The summed E-state index contributed by atoms with van der Waals surface area (Å²) in [6.07, 6.45) is 2.43. The van der Waals surface area contributed by atoms with Gasteiger partial charge in [0.05, 0.1) is 23.5 Å². The molecule has 1 atom stereocenters. The maximum absolute atomic E-state index is 12.6. The van der Waals surface area contributed by atoms with Gasteiger partial charge in [0, 0.05) is 5.56 Å². The van der Waals surface area contributed by atoms with Crippen LogP contribution in [0.3, 0.4) is 0 Å². The number of amides is 2. The number of carbonyl (C=O) groups excluding carboxylic acids is 2. The highest BCUT2D eigenvalue weighted by molar-refractivity contribution is 14.1. The zero-order chi connectivity index (χ0) is 22.8. The van der Waals surface area contributed by atoms with Gasteiger partial charge in [-0.3, -0.25) is 9.59 Å². The van der Waals surface area contributed by atoms with Crippen molar-refractivity contribution in [1.29, 1.82) is 0 Å². The van der Waals surface area contributed by atoms with Gasteiger partial charge in [0.25, 0.3) is 11.8 Å². The van der Waals surface area contributed by atoms with Crippen molar-refractivity contribution in [3.8, 4) is 11.5 Å². The van der Waals surface area contributed by atoms with E-state index in [0.29, 0.717) is 23.7 Å². The van der Waals surface area contributed by atoms with Gasteiger partial charge in [-0.05, 0) is 64.8 Å². The van der Waals surface area contributed by atoms with E-state index in [1.807, 2.05) is 32.9 Å². The smallest absolute Gasteiger partial charge is 0.262 e. The molecule has 7 nitrogen and oxygen atoms in total. The van der Waals surface area contributed by atoms with Crippen molar-refractivity contribution in [3.05, 3.63) is 57.2 Å². The van der Waals surface area contributed by atoms with Crippen molar-refractivity contribution < 1.29 is 19.1 Å². The maximum atomic E-state index is 12.6. The first-order valence-electron chi connectivity index (χ1n) is 10.1. The highest BCUT2D eigenvalue weighted by Crippen LogP contribution is 2.33. The molecule has 0 aliphatic carbocycles. The Hall–Kier alpha value is -2.62. The number of halogens is 1. The van der Waals surface area contributed by atoms with Crippen LogP contribution < -0.4 is 20.2 Å². The molecule has 0 spiro atoms. The average molecular weight is 537 g/mol. The third-order valence-corrected chi connectivity index (χ3v) is 5.16. The predicted molar refractivity (Wildman–Crippen MR) is 130 cm³/mol. The predicted octanol–water partition coefficient (Wildman–Crippen LogP) is 3.99. The van der Waals surface area contributed by atoms with Crippen LogP contribution in [-0.2, 0) is 4.79 Å². The lowest BCUT2D eigenvalue weighted by molar-refractivity contribution is -0.123. The fourth-order valence-electron chi connectivity index (χ4n) is 2.75. The molecule has 0 saturated heterocycles. The highest BCUT2D eigenvalue weighted by atomic mass is 127. The van der Waals surface area contributed by atoms with Gasteiger partial charge in [0.1, 0.15) is 6.04 Å². The number of benzene rings is 2. The Bertz CT molecular complexity index is 917.